The second-order valence-corrected chi connectivity index (χ2v) is 8.54. The molecule has 0 aliphatic heterocycles. The molecule has 0 spiro atoms. The van der Waals surface area contributed by atoms with E-state index in [0.717, 1.165) is 18.0 Å². The molecule has 27 heavy (non-hydrogen) atoms. The SMILES string of the molecule is Cc1nn(C)c(C)c1NC(=O)[C@H](C)OC(=O)c1cc(S(C)(=O)=O)ccc1Cl. The molecule has 1 aromatic heterocycles. The summed E-state index contributed by atoms with van der Waals surface area (Å²) in [6, 6.07) is 3.71. The Morgan fingerprint density at radius 1 is 1.30 bits per heavy atom. The van der Waals surface area contributed by atoms with Crippen molar-refractivity contribution in [3.63, 3.8) is 0 Å². The van der Waals surface area contributed by atoms with Gasteiger partial charge in [0.05, 0.1) is 32.6 Å². The van der Waals surface area contributed by atoms with Crippen LogP contribution in [-0.4, -0.2) is 42.4 Å². The number of nitrogens with one attached hydrogen (secondary N) is 1. The number of aryl methyl sites for hydroxylation is 2. The topological polar surface area (TPSA) is 107 Å². The van der Waals surface area contributed by atoms with E-state index in [-0.39, 0.29) is 15.5 Å². The Labute approximate surface area is 162 Å². The van der Waals surface area contributed by atoms with Crippen LogP contribution in [0.2, 0.25) is 5.02 Å². The molecular weight excluding hydrogens is 394 g/mol. The molecule has 2 aromatic rings. The second kappa shape index (κ2) is 7.69. The van der Waals surface area contributed by atoms with Crippen LogP contribution in [-0.2, 0) is 26.4 Å². The first kappa shape index (κ1) is 20.9. The molecule has 0 radical (unpaired) electrons. The molecule has 0 bridgehead atoms. The summed E-state index contributed by atoms with van der Waals surface area (Å²) >= 11 is 5.97. The fourth-order valence-electron chi connectivity index (χ4n) is 2.35. The Morgan fingerprint density at radius 3 is 2.44 bits per heavy atom. The molecule has 1 heterocycles. The number of amides is 1. The van der Waals surface area contributed by atoms with Gasteiger partial charge in [0, 0.05) is 13.3 Å². The van der Waals surface area contributed by atoms with Gasteiger partial charge < -0.3 is 10.1 Å². The third-order valence-corrected chi connectivity index (χ3v) is 5.44. The first-order valence-electron chi connectivity index (χ1n) is 7.93. The monoisotopic (exact) mass is 413 g/mol. The second-order valence-electron chi connectivity index (χ2n) is 6.12. The Balaban J connectivity index is 2.17. The zero-order valence-electron chi connectivity index (χ0n) is 15.5. The summed E-state index contributed by atoms with van der Waals surface area (Å²) in [5.74, 6) is -1.44. The van der Waals surface area contributed by atoms with E-state index in [9.17, 15) is 18.0 Å². The van der Waals surface area contributed by atoms with E-state index in [1.807, 2.05) is 0 Å². The van der Waals surface area contributed by atoms with E-state index in [1.54, 1.807) is 25.6 Å². The molecule has 1 amide bonds. The van der Waals surface area contributed by atoms with E-state index in [2.05, 4.69) is 10.4 Å². The van der Waals surface area contributed by atoms with Gasteiger partial charge in [-0.15, -0.1) is 0 Å². The molecule has 0 saturated heterocycles. The zero-order valence-corrected chi connectivity index (χ0v) is 17.1. The number of sulfone groups is 1. The molecule has 10 heteroatoms. The maximum Gasteiger partial charge on any atom is 0.340 e. The Hall–Kier alpha value is -2.39. The van der Waals surface area contributed by atoms with Gasteiger partial charge in [-0.1, -0.05) is 11.6 Å². The lowest BCUT2D eigenvalue weighted by Crippen LogP contribution is -2.30. The predicted octanol–water partition coefficient (Wildman–Crippen LogP) is 2.28. The highest BCUT2D eigenvalue weighted by Crippen LogP contribution is 2.23. The average molecular weight is 414 g/mol. The van der Waals surface area contributed by atoms with Crippen molar-refractivity contribution in [1.82, 2.24) is 9.78 Å². The van der Waals surface area contributed by atoms with Crippen LogP contribution >= 0.6 is 11.6 Å². The van der Waals surface area contributed by atoms with E-state index in [1.165, 1.54) is 19.1 Å². The Kier molecular flexibility index (Phi) is 5.96. The number of rotatable bonds is 5. The number of nitrogens with zero attached hydrogens (tertiary/aromatic N) is 2. The minimum atomic E-state index is -3.52. The number of halogens is 1. The van der Waals surface area contributed by atoms with Gasteiger partial charge in [0.25, 0.3) is 5.91 Å². The molecule has 0 aliphatic carbocycles. The normalized spacial score (nSPS) is 12.5. The van der Waals surface area contributed by atoms with Gasteiger partial charge in [-0.25, -0.2) is 13.2 Å². The van der Waals surface area contributed by atoms with Gasteiger partial charge in [0.15, 0.2) is 15.9 Å². The molecule has 146 valence electrons. The van der Waals surface area contributed by atoms with Gasteiger partial charge >= 0.3 is 5.97 Å². The van der Waals surface area contributed by atoms with Gasteiger partial charge in [0.2, 0.25) is 0 Å². The van der Waals surface area contributed by atoms with E-state index in [4.69, 9.17) is 16.3 Å². The van der Waals surface area contributed by atoms with Crippen LogP contribution in [0.3, 0.4) is 0 Å². The highest BCUT2D eigenvalue weighted by Gasteiger charge is 2.23. The number of anilines is 1. The summed E-state index contributed by atoms with van der Waals surface area (Å²) in [4.78, 5) is 24.6. The molecule has 1 aromatic carbocycles. The van der Waals surface area contributed by atoms with Crippen LogP contribution < -0.4 is 5.32 Å². The number of carbonyl (C=O) groups excluding carboxylic acids is 2. The lowest BCUT2D eigenvalue weighted by atomic mass is 10.2. The fraction of sp³-hybridized carbons (Fsp3) is 0.353. The molecule has 0 fully saturated rings. The first-order chi connectivity index (χ1) is 12.4. The van der Waals surface area contributed by atoms with Crippen LogP contribution in [0.5, 0.6) is 0 Å². The largest absolute Gasteiger partial charge is 0.449 e. The molecule has 2 rings (SSSR count). The fourth-order valence-corrected chi connectivity index (χ4v) is 3.19. The summed E-state index contributed by atoms with van der Waals surface area (Å²) in [5.41, 5.74) is 1.80. The molecule has 0 saturated carbocycles. The van der Waals surface area contributed by atoms with Gasteiger partial charge in [-0.2, -0.15) is 5.10 Å². The Morgan fingerprint density at radius 2 is 1.93 bits per heavy atom. The number of hydrogen-bond donors (Lipinski definition) is 1. The standard InChI is InChI=1S/C17H20ClN3O5S/c1-9-15(10(2)21(4)20-9)19-16(22)11(3)26-17(23)13-8-12(27(5,24)25)6-7-14(13)18/h6-8,11H,1-5H3,(H,19,22)/t11-/m0/s1. The number of esters is 1. The van der Waals surface area contributed by atoms with E-state index >= 15 is 0 Å². The van der Waals surface area contributed by atoms with Crippen LogP contribution in [0.4, 0.5) is 5.69 Å². The number of hydrogen-bond acceptors (Lipinski definition) is 6. The van der Waals surface area contributed by atoms with Crippen molar-refractivity contribution in [3.8, 4) is 0 Å². The minimum absolute atomic E-state index is 0.0268. The van der Waals surface area contributed by atoms with Crippen LogP contribution in [0.15, 0.2) is 23.1 Å². The van der Waals surface area contributed by atoms with Gasteiger partial charge in [-0.3, -0.25) is 9.48 Å². The zero-order chi connectivity index (χ0) is 20.5. The van der Waals surface area contributed by atoms with Crippen molar-refractivity contribution in [2.45, 2.75) is 31.8 Å². The van der Waals surface area contributed by atoms with Crippen molar-refractivity contribution < 1.29 is 22.7 Å². The lowest BCUT2D eigenvalue weighted by Gasteiger charge is -2.14. The Bertz CT molecular complexity index is 1010. The maximum absolute atomic E-state index is 12.4. The number of aromatic nitrogens is 2. The van der Waals surface area contributed by atoms with Crippen molar-refractivity contribution in [1.29, 1.82) is 0 Å². The average Bonchev–Trinajstić information content (AvgIpc) is 2.80. The van der Waals surface area contributed by atoms with Gasteiger partial charge in [-0.05, 0) is 39.0 Å². The summed E-state index contributed by atoms with van der Waals surface area (Å²) < 4.78 is 30.1. The predicted molar refractivity (Wildman–Crippen MR) is 101 cm³/mol. The summed E-state index contributed by atoms with van der Waals surface area (Å²) in [6.07, 6.45) is -0.116. The van der Waals surface area contributed by atoms with Crippen molar-refractivity contribution >= 4 is 39.0 Å². The third kappa shape index (κ3) is 4.67. The third-order valence-electron chi connectivity index (χ3n) is 4.00. The number of benzene rings is 1. The van der Waals surface area contributed by atoms with Crippen LogP contribution in [0.25, 0.3) is 0 Å². The summed E-state index contributed by atoms with van der Waals surface area (Å²) in [7, 11) is -1.78. The van der Waals surface area contributed by atoms with E-state index < -0.39 is 27.8 Å². The maximum atomic E-state index is 12.4. The summed E-state index contributed by atoms with van der Waals surface area (Å²) in [6.45, 7) is 4.95. The van der Waals surface area contributed by atoms with Crippen LogP contribution in [0.1, 0.15) is 28.7 Å². The quantitative estimate of drug-likeness (QED) is 0.753. The number of carbonyl (C=O) groups is 2. The van der Waals surface area contributed by atoms with Crippen molar-refractivity contribution in [2.24, 2.45) is 7.05 Å². The molecule has 0 aliphatic rings. The molecule has 1 atom stereocenters. The van der Waals surface area contributed by atoms with Crippen molar-refractivity contribution in [2.75, 3.05) is 11.6 Å². The van der Waals surface area contributed by atoms with E-state index in [0.29, 0.717) is 11.4 Å². The number of ether oxygens (including phenoxy) is 1. The smallest absolute Gasteiger partial charge is 0.340 e. The summed E-state index contributed by atoms with van der Waals surface area (Å²) in [5, 5.41) is 6.90. The molecule has 1 N–H and O–H groups in total. The molecule has 8 nitrogen and oxygen atoms in total. The highest BCUT2D eigenvalue weighted by atomic mass is 35.5. The molecular formula is C17H20ClN3O5S. The molecule has 0 unspecified atom stereocenters. The van der Waals surface area contributed by atoms with Crippen molar-refractivity contribution in [3.05, 3.63) is 40.2 Å². The highest BCUT2D eigenvalue weighted by molar-refractivity contribution is 7.90. The lowest BCUT2D eigenvalue weighted by molar-refractivity contribution is -0.123. The minimum Gasteiger partial charge on any atom is -0.449 e. The van der Waals surface area contributed by atoms with Gasteiger partial charge in [0.1, 0.15) is 0 Å². The van der Waals surface area contributed by atoms with Crippen LogP contribution in [0, 0.1) is 13.8 Å². The first-order valence-corrected chi connectivity index (χ1v) is 10.2.